The fourth-order valence-corrected chi connectivity index (χ4v) is 6.08. The van der Waals surface area contributed by atoms with Crippen LogP contribution >= 0.6 is 0 Å². The Balaban J connectivity index is 0.00000405. The van der Waals surface area contributed by atoms with Gasteiger partial charge in [0.25, 0.3) is 5.91 Å². The van der Waals surface area contributed by atoms with Gasteiger partial charge >= 0.3 is 0 Å². The van der Waals surface area contributed by atoms with Gasteiger partial charge in [-0.3, -0.25) is 9.59 Å². The highest BCUT2D eigenvalue weighted by atomic mass is 32.2. The quantitative estimate of drug-likeness (QED) is 0.204. The zero-order valence-corrected chi connectivity index (χ0v) is 23.0. The van der Waals surface area contributed by atoms with Crippen LogP contribution in [0.1, 0.15) is 28.9 Å². The number of nitrogens with one attached hydrogen (secondary N) is 2. The summed E-state index contributed by atoms with van der Waals surface area (Å²) in [6.07, 6.45) is 0.261. The lowest BCUT2D eigenvalue weighted by Crippen LogP contribution is -2.46. The van der Waals surface area contributed by atoms with E-state index in [2.05, 4.69) is 10.0 Å². The molecule has 0 aliphatic heterocycles. The number of rotatable bonds is 10. The summed E-state index contributed by atoms with van der Waals surface area (Å²) < 4.78 is 29.4. The van der Waals surface area contributed by atoms with Crippen LogP contribution in [0.2, 0.25) is 0 Å². The SMILES string of the molecule is C.NC(=O)[C@H](Cc1ccccc1)NC(=O)c1ccccc1-c1ccccc1CNS(=O)(=O)c1cccc2ccccc12. The molecule has 0 fully saturated rings. The van der Waals surface area contributed by atoms with Crippen molar-refractivity contribution in [3.05, 3.63) is 138 Å². The van der Waals surface area contributed by atoms with Crippen LogP contribution in [-0.4, -0.2) is 26.3 Å². The highest BCUT2D eigenvalue weighted by molar-refractivity contribution is 7.89. The van der Waals surface area contributed by atoms with Gasteiger partial charge in [-0.2, -0.15) is 0 Å². The maximum absolute atomic E-state index is 13.5. The molecule has 0 saturated carbocycles. The summed E-state index contributed by atoms with van der Waals surface area (Å²) in [5, 5.41) is 4.25. The molecule has 0 unspecified atom stereocenters. The molecule has 5 rings (SSSR count). The number of amides is 2. The summed E-state index contributed by atoms with van der Waals surface area (Å²) in [4.78, 5) is 25.8. The number of sulfonamides is 1. The van der Waals surface area contributed by atoms with Gasteiger partial charge in [-0.1, -0.05) is 117 Å². The molecule has 0 saturated heterocycles. The first kappa shape index (κ1) is 30.2. The van der Waals surface area contributed by atoms with E-state index >= 15 is 0 Å². The normalized spacial score (nSPS) is 11.8. The second-order valence-corrected chi connectivity index (χ2v) is 11.4. The van der Waals surface area contributed by atoms with Gasteiger partial charge in [0.1, 0.15) is 6.04 Å². The van der Waals surface area contributed by atoms with E-state index in [1.54, 1.807) is 48.5 Å². The van der Waals surface area contributed by atoms with E-state index in [-0.39, 0.29) is 25.3 Å². The Morgan fingerprint density at radius 3 is 2.10 bits per heavy atom. The molecule has 0 aromatic heterocycles. The number of primary amides is 1. The Labute approximate surface area is 246 Å². The van der Waals surface area contributed by atoms with Gasteiger partial charge < -0.3 is 11.1 Å². The van der Waals surface area contributed by atoms with Crippen molar-refractivity contribution in [1.29, 1.82) is 0 Å². The topological polar surface area (TPSA) is 118 Å². The molecule has 0 spiro atoms. The number of fused-ring (bicyclic) bond motifs is 1. The van der Waals surface area contributed by atoms with Crippen molar-refractivity contribution in [3.8, 4) is 11.1 Å². The van der Waals surface area contributed by atoms with E-state index < -0.39 is 27.9 Å². The van der Waals surface area contributed by atoms with Crippen molar-refractivity contribution in [2.75, 3.05) is 0 Å². The van der Waals surface area contributed by atoms with E-state index in [1.165, 1.54) is 0 Å². The summed E-state index contributed by atoms with van der Waals surface area (Å²) in [6, 6.07) is 35.2. The van der Waals surface area contributed by atoms with Crippen molar-refractivity contribution in [1.82, 2.24) is 10.0 Å². The lowest BCUT2D eigenvalue weighted by atomic mass is 9.94. The molecule has 1 atom stereocenters. The summed E-state index contributed by atoms with van der Waals surface area (Å²) >= 11 is 0. The Morgan fingerprint density at radius 1 is 0.714 bits per heavy atom. The van der Waals surface area contributed by atoms with Gasteiger partial charge in [0, 0.05) is 23.9 Å². The highest BCUT2D eigenvalue weighted by Gasteiger charge is 2.23. The summed E-state index contributed by atoms with van der Waals surface area (Å²) in [5.41, 5.74) is 8.83. The highest BCUT2D eigenvalue weighted by Crippen LogP contribution is 2.28. The van der Waals surface area contributed by atoms with Crippen LogP contribution < -0.4 is 15.8 Å². The molecule has 214 valence electrons. The summed E-state index contributed by atoms with van der Waals surface area (Å²) in [7, 11) is -3.85. The maximum atomic E-state index is 13.5. The smallest absolute Gasteiger partial charge is 0.252 e. The van der Waals surface area contributed by atoms with Crippen LogP contribution in [0.5, 0.6) is 0 Å². The van der Waals surface area contributed by atoms with Crippen LogP contribution in [-0.2, 0) is 27.8 Å². The molecule has 0 bridgehead atoms. The van der Waals surface area contributed by atoms with Crippen LogP contribution in [0.4, 0.5) is 0 Å². The van der Waals surface area contributed by atoms with Gasteiger partial charge in [-0.05, 0) is 39.8 Å². The Morgan fingerprint density at radius 2 is 1.33 bits per heavy atom. The van der Waals surface area contributed by atoms with Crippen molar-refractivity contribution in [2.45, 2.75) is 31.3 Å². The third kappa shape index (κ3) is 6.74. The van der Waals surface area contributed by atoms with Crippen molar-refractivity contribution in [2.24, 2.45) is 5.73 Å². The van der Waals surface area contributed by atoms with Gasteiger partial charge in [-0.15, -0.1) is 0 Å². The molecule has 0 aliphatic rings. The number of hydrogen-bond acceptors (Lipinski definition) is 4. The first-order chi connectivity index (χ1) is 19.8. The first-order valence-corrected chi connectivity index (χ1v) is 14.6. The van der Waals surface area contributed by atoms with Gasteiger partial charge in [0.15, 0.2) is 0 Å². The maximum Gasteiger partial charge on any atom is 0.252 e. The molecule has 0 radical (unpaired) electrons. The average molecular weight is 580 g/mol. The minimum Gasteiger partial charge on any atom is -0.368 e. The minimum atomic E-state index is -3.85. The molecule has 7 nitrogen and oxygen atoms in total. The van der Waals surface area contributed by atoms with Crippen LogP contribution in [0.15, 0.2) is 126 Å². The monoisotopic (exact) mass is 579 g/mol. The fraction of sp³-hybridized carbons (Fsp3) is 0.118. The molecular formula is C34H33N3O4S. The van der Waals surface area contributed by atoms with Gasteiger partial charge in [-0.25, -0.2) is 13.1 Å². The predicted octanol–water partition coefficient (Wildman–Crippen LogP) is 5.45. The van der Waals surface area contributed by atoms with Crippen molar-refractivity contribution < 1.29 is 18.0 Å². The number of carbonyl (C=O) groups excluding carboxylic acids is 2. The Hall–Kier alpha value is -4.79. The van der Waals surface area contributed by atoms with Crippen LogP contribution in [0.25, 0.3) is 21.9 Å². The molecule has 0 heterocycles. The number of carbonyl (C=O) groups is 2. The third-order valence-corrected chi connectivity index (χ3v) is 8.36. The molecule has 0 aliphatic carbocycles. The largest absolute Gasteiger partial charge is 0.368 e. The standard InChI is InChI=1S/C33H29N3O4S.CH4/c34-32(37)30(21-23-11-2-1-3-12-23)36-33(38)29-19-9-8-18-28(29)26-16-6-5-14-25(26)22-35-41(39,40)31-20-10-15-24-13-4-7-17-27(24)31;/h1-20,30,35H,21-22H2,(H2,34,37)(H,36,38);1H4/t30-;/m0./s1. The van der Waals surface area contributed by atoms with Crippen LogP contribution in [0.3, 0.4) is 0 Å². The second kappa shape index (κ2) is 13.2. The van der Waals surface area contributed by atoms with E-state index in [0.717, 1.165) is 10.9 Å². The number of benzene rings is 5. The molecular weight excluding hydrogens is 546 g/mol. The van der Waals surface area contributed by atoms with E-state index in [1.807, 2.05) is 72.8 Å². The molecule has 8 heteroatoms. The Kier molecular flexibility index (Phi) is 9.52. The molecule has 5 aromatic rings. The molecule has 42 heavy (non-hydrogen) atoms. The van der Waals surface area contributed by atoms with Gasteiger partial charge in [0.2, 0.25) is 15.9 Å². The van der Waals surface area contributed by atoms with Crippen molar-refractivity contribution in [3.63, 3.8) is 0 Å². The third-order valence-electron chi connectivity index (χ3n) is 6.90. The number of hydrogen-bond donors (Lipinski definition) is 3. The molecule has 4 N–H and O–H groups in total. The lowest BCUT2D eigenvalue weighted by Gasteiger charge is -2.18. The van der Waals surface area contributed by atoms with Gasteiger partial charge in [0.05, 0.1) is 4.90 Å². The second-order valence-electron chi connectivity index (χ2n) is 9.62. The van der Waals surface area contributed by atoms with E-state index in [4.69, 9.17) is 5.73 Å². The minimum absolute atomic E-state index is 0. The zero-order valence-electron chi connectivity index (χ0n) is 22.2. The predicted molar refractivity (Wildman–Crippen MR) is 167 cm³/mol. The van der Waals surface area contributed by atoms with E-state index in [0.29, 0.717) is 27.6 Å². The molecule has 5 aromatic carbocycles. The van der Waals surface area contributed by atoms with Crippen molar-refractivity contribution >= 4 is 32.6 Å². The summed E-state index contributed by atoms with van der Waals surface area (Å²) in [6.45, 7) is 0.00952. The fourth-order valence-electron chi connectivity index (χ4n) is 4.84. The first-order valence-electron chi connectivity index (χ1n) is 13.1. The lowest BCUT2D eigenvalue weighted by molar-refractivity contribution is -0.119. The number of nitrogens with two attached hydrogens (primary N) is 1. The zero-order chi connectivity index (χ0) is 28.8. The van der Waals surface area contributed by atoms with E-state index in [9.17, 15) is 18.0 Å². The summed E-state index contributed by atoms with van der Waals surface area (Å²) in [5.74, 6) is -1.09. The van der Waals surface area contributed by atoms with Crippen LogP contribution in [0, 0.1) is 0 Å². The average Bonchev–Trinajstić information content (AvgIpc) is 3.00. The molecule has 2 amide bonds. The Bertz CT molecular complexity index is 1820.